The molecule has 1 unspecified atom stereocenters. The highest BCUT2D eigenvalue weighted by molar-refractivity contribution is 7.90. The third-order valence-corrected chi connectivity index (χ3v) is 6.47. The van der Waals surface area contributed by atoms with Crippen LogP contribution < -0.4 is 10.0 Å². The van der Waals surface area contributed by atoms with Crippen molar-refractivity contribution in [2.45, 2.75) is 23.8 Å². The van der Waals surface area contributed by atoms with Crippen molar-refractivity contribution >= 4 is 37.5 Å². The van der Waals surface area contributed by atoms with Gasteiger partial charge in [-0.3, -0.25) is 9.48 Å². The number of rotatable bonds is 4. The summed E-state index contributed by atoms with van der Waals surface area (Å²) in [4.78, 5) is 16.5. The van der Waals surface area contributed by atoms with Gasteiger partial charge in [-0.1, -0.05) is 0 Å². The van der Waals surface area contributed by atoms with E-state index in [1.807, 2.05) is 0 Å². The van der Waals surface area contributed by atoms with Gasteiger partial charge in [0.25, 0.3) is 15.9 Å². The Morgan fingerprint density at radius 2 is 2.27 bits per heavy atom. The van der Waals surface area contributed by atoms with Crippen molar-refractivity contribution in [3.05, 3.63) is 41.7 Å². The van der Waals surface area contributed by atoms with Gasteiger partial charge in [-0.2, -0.15) is 5.10 Å². The van der Waals surface area contributed by atoms with Crippen molar-refractivity contribution in [1.82, 2.24) is 24.8 Å². The average Bonchev–Trinajstić information content (AvgIpc) is 3.31. The summed E-state index contributed by atoms with van der Waals surface area (Å²) in [5.41, 5.74) is 2.59. The summed E-state index contributed by atoms with van der Waals surface area (Å²) in [5, 5.41) is 7.49. The Kier molecular flexibility index (Phi) is 4.47. The summed E-state index contributed by atoms with van der Waals surface area (Å²) in [6.07, 6.45) is 5.00. The lowest BCUT2D eigenvalue weighted by molar-refractivity contribution is 0.0981. The van der Waals surface area contributed by atoms with E-state index in [-0.39, 0.29) is 16.5 Å². The molecule has 1 aliphatic heterocycles. The second-order valence-corrected chi connectivity index (χ2v) is 8.69. The fraction of sp³-hybridized carbons (Fsp3) is 0.312. The van der Waals surface area contributed by atoms with E-state index in [2.05, 4.69) is 20.1 Å². The first-order chi connectivity index (χ1) is 12.5. The predicted octanol–water partition coefficient (Wildman–Crippen LogP) is 1.54. The van der Waals surface area contributed by atoms with Gasteiger partial charge in [0.05, 0.1) is 38.4 Å². The number of amides is 1. The first-order valence-corrected chi connectivity index (χ1v) is 10.5. The average molecular weight is 391 g/mol. The summed E-state index contributed by atoms with van der Waals surface area (Å²) in [5.74, 6) is -0.690. The number of carbonyl (C=O) groups excluding carboxylic acids is 1. The van der Waals surface area contributed by atoms with E-state index in [1.54, 1.807) is 22.5 Å². The molecular formula is C16H17N5O3S2. The van der Waals surface area contributed by atoms with Crippen LogP contribution in [0.1, 0.15) is 29.2 Å². The van der Waals surface area contributed by atoms with Crippen LogP contribution in [0.25, 0.3) is 10.2 Å². The first kappa shape index (κ1) is 17.1. The van der Waals surface area contributed by atoms with Crippen LogP contribution in [0, 0.1) is 0 Å². The van der Waals surface area contributed by atoms with Crippen LogP contribution in [0.3, 0.4) is 0 Å². The summed E-state index contributed by atoms with van der Waals surface area (Å²) < 4.78 is 29.6. The molecule has 2 aromatic heterocycles. The van der Waals surface area contributed by atoms with Crippen LogP contribution in [0.5, 0.6) is 0 Å². The van der Waals surface area contributed by atoms with Crippen LogP contribution >= 0.6 is 11.3 Å². The Bertz CT molecular complexity index is 1050. The largest absolute Gasteiger partial charge is 0.315 e. The molecular weight excluding hydrogens is 374 g/mol. The number of aromatic nitrogens is 3. The maximum atomic E-state index is 12.5. The van der Waals surface area contributed by atoms with Crippen LogP contribution in [-0.2, 0) is 10.0 Å². The lowest BCUT2D eigenvalue weighted by Crippen LogP contribution is -2.32. The van der Waals surface area contributed by atoms with Gasteiger partial charge in [0.1, 0.15) is 0 Å². The van der Waals surface area contributed by atoms with Gasteiger partial charge in [0.15, 0.2) is 0 Å². The van der Waals surface area contributed by atoms with Crippen molar-refractivity contribution in [1.29, 1.82) is 0 Å². The number of sulfonamides is 1. The Balaban J connectivity index is 1.52. The maximum Gasteiger partial charge on any atom is 0.268 e. The van der Waals surface area contributed by atoms with E-state index in [4.69, 9.17) is 0 Å². The molecule has 1 aromatic carbocycles. The summed E-state index contributed by atoms with van der Waals surface area (Å²) in [6, 6.07) is 4.75. The molecule has 4 rings (SSSR count). The van der Waals surface area contributed by atoms with Crippen molar-refractivity contribution in [3.63, 3.8) is 0 Å². The number of piperidine rings is 1. The summed E-state index contributed by atoms with van der Waals surface area (Å²) in [7, 11) is -3.96. The first-order valence-electron chi connectivity index (χ1n) is 8.18. The molecule has 8 nitrogen and oxygen atoms in total. The van der Waals surface area contributed by atoms with E-state index in [0.29, 0.717) is 0 Å². The predicted molar refractivity (Wildman–Crippen MR) is 97.6 cm³/mol. The Morgan fingerprint density at radius 3 is 3.08 bits per heavy atom. The van der Waals surface area contributed by atoms with Crippen LogP contribution in [0.15, 0.2) is 41.0 Å². The van der Waals surface area contributed by atoms with Gasteiger partial charge in [-0.05, 0) is 37.6 Å². The minimum absolute atomic E-state index is 0.0338. The van der Waals surface area contributed by atoms with Crippen LogP contribution in [-0.4, -0.2) is 42.2 Å². The molecule has 1 saturated heterocycles. The molecule has 0 radical (unpaired) electrons. The molecule has 3 aromatic rings. The number of thiazole rings is 1. The van der Waals surface area contributed by atoms with Crippen LogP contribution in [0.4, 0.5) is 0 Å². The number of carbonyl (C=O) groups is 1. The third kappa shape index (κ3) is 3.35. The molecule has 26 heavy (non-hydrogen) atoms. The van der Waals surface area contributed by atoms with Crippen molar-refractivity contribution in [2.24, 2.45) is 0 Å². The van der Waals surface area contributed by atoms with Gasteiger partial charge in [-0.15, -0.1) is 11.3 Å². The zero-order valence-corrected chi connectivity index (χ0v) is 15.4. The molecule has 0 bridgehead atoms. The number of hydrogen-bond acceptors (Lipinski definition) is 7. The standard InChI is InChI=1S/C16H17N5O3S2/c22-16(11-7-19-21(9-11)12-2-1-5-17-8-12)20-26(23,24)13-3-4-14-15(6-13)25-10-18-14/h3-4,6-7,9-10,12,17H,1-2,5,8H2,(H,20,22). The normalized spacial score (nSPS) is 18.1. The van der Waals surface area contributed by atoms with Gasteiger partial charge in [0, 0.05) is 12.7 Å². The molecule has 2 N–H and O–H groups in total. The molecule has 0 saturated carbocycles. The van der Waals surface area contributed by atoms with Crippen molar-refractivity contribution < 1.29 is 13.2 Å². The molecule has 0 aliphatic carbocycles. The molecule has 10 heteroatoms. The molecule has 136 valence electrons. The monoisotopic (exact) mass is 391 g/mol. The van der Waals surface area contributed by atoms with E-state index in [0.717, 1.165) is 36.1 Å². The lowest BCUT2D eigenvalue weighted by Gasteiger charge is -2.22. The quantitative estimate of drug-likeness (QED) is 0.699. The molecule has 0 spiro atoms. The molecule has 1 aliphatic rings. The van der Waals surface area contributed by atoms with Gasteiger partial charge in [0.2, 0.25) is 0 Å². The number of hydrogen-bond donors (Lipinski definition) is 2. The minimum Gasteiger partial charge on any atom is -0.315 e. The zero-order valence-electron chi connectivity index (χ0n) is 13.8. The van der Waals surface area contributed by atoms with Gasteiger partial charge in [-0.25, -0.2) is 18.1 Å². The highest BCUT2D eigenvalue weighted by Crippen LogP contribution is 2.22. The fourth-order valence-corrected chi connectivity index (χ4v) is 4.75. The van der Waals surface area contributed by atoms with Crippen molar-refractivity contribution in [2.75, 3.05) is 13.1 Å². The molecule has 1 amide bonds. The highest BCUT2D eigenvalue weighted by atomic mass is 32.2. The highest BCUT2D eigenvalue weighted by Gasteiger charge is 2.22. The number of nitrogens with one attached hydrogen (secondary N) is 2. The summed E-state index contributed by atoms with van der Waals surface area (Å²) >= 11 is 1.34. The second kappa shape index (κ2) is 6.78. The Labute approximate surface area is 154 Å². The number of fused-ring (bicyclic) bond motifs is 1. The van der Waals surface area contributed by atoms with E-state index >= 15 is 0 Å². The summed E-state index contributed by atoms with van der Waals surface area (Å²) in [6.45, 7) is 1.77. The van der Waals surface area contributed by atoms with Gasteiger partial charge >= 0.3 is 0 Å². The molecule has 1 fully saturated rings. The van der Waals surface area contributed by atoms with Gasteiger partial charge < -0.3 is 5.32 Å². The zero-order chi connectivity index (χ0) is 18.1. The second-order valence-electron chi connectivity index (χ2n) is 6.13. The van der Waals surface area contributed by atoms with Crippen molar-refractivity contribution in [3.8, 4) is 0 Å². The van der Waals surface area contributed by atoms with Crippen LogP contribution in [0.2, 0.25) is 0 Å². The number of nitrogens with zero attached hydrogens (tertiary/aromatic N) is 3. The van der Waals surface area contributed by atoms with E-state index < -0.39 is 15.9 Å². The topological polar surface area (TPSA) is 106 Å². The minimum atomic E-state index is -3.96. The maximum absolute atomic E-state index is 12.5. The SMILES string of the molecule is O=C(NS(=O)(=O)c1ccc2ncsc2c1)c1cnn(C2CCCNC2)c1. The van der Waals surface area contributed by atoms with E-state index in [9.17, 15) is 13.2 Å². The Hall–Kier alpha value is -2.30. The molecule has 1 atom stereocenters. The fourth-order valence-electron chi connectivity index (χ4n) is 2.96. The number of benzene rings is 1. The third-order valence-electron chi connectivity index (χ3n) is 4.35. The molecule has 3 heterocycles. The smallest absolute Gasteiger partial charge is 0.268 e. The van der Waals surface area contributed by atoms with E-state index in [1.165, 1.54) is 29.7 Å². The Morgan fingerprint density at radius 1 is 1.38 bits per heavy atom. The lowest BCUT2D eigenvalue weighted by atomic mass is 10.1.